The lowest BCUT2D eigenvalue weighted by atomic mass is 10.1. The van der Waals surface area contributed by atoms with Gasteiger partial charge >= 0.3 is 12.1 Å². The van der Waals surface area contributed by atoms with Gasteiger partial charge in [0.15, 0.2) is 0 Å². The first kappa shape index (κ1) is 20.0. The van der Waals surface area contributed by atoms with Crippen molar-refractivity contribution >= 4 is 23.8 Å². The van der Waals surface area contributed by atoms with Crippen LogP contribution in [0.2, 0.25) is 0 Å². The van der Waals surface area contributed by atoms with E-state index in [-0.39, 0.29) is 12.2 Å². The number of hydrogen-bond donors (Lipinski definition) is 2. The summed E-state index contributed by atoms with van der Waals surface area (Å²) in [5.74, 6) is -0.998. The SMILES string of the molecule is COC(=O)c1ccc(/C=N/NC(=O)CNc2cccc(C(F)(F)F)c2)cc1. The minimum atomic E-state index is -4.45. The largest absolute Gasteiger partial charge is 0.465 e. The van der Waals surface area contributed by atoms with Crippen LogP contribution in [0.15, 0.2) is 53.6 Å². The molecule has 2 aromatic rings. The third-order valence-corrected chi connectivity index (χ3v) is 3.38. The third-order valence-electron chi connectivity index (χ3n) is 3.38. The molecule has 0 spiro atoms. The van der Waals surface area contributed by atoms with E-state index in [4.69, 9.17) is 0 Å². The minimum Gasteiger partial charge on any atom is -0.465 e. The number of halogens is 3. The molecule has 27 heavy (non-hydrogen) atoms. The number of ether oxygens (including phenoxy) is 1. The van der Waals surface area contributed by atoms with E-state index in [2.05, 4.69) is 20.6 Å². The summed E-state index contributed by atoms with van der Waals surface area (Å²) in [6, 6.07) is 10.9. The van der Waals surface area contributed by atoms with Crippen LogP contribution in [0.1, 0.15) is 21.5 Å². The monoisotopic (exact) mass is 379 g/mol. The van der Waals surface area contributed by atoms with Crippen LogP contribution in [-0.4, -0.2) is 31.7 Å². The number of amides is 1. The molecular formula is C18H16F3N3O3. The minimum absolute atomic E-state index is 0.169. The number of hydrazone groups is 1. The fraction of sp³-hybridized carbons (Fsp3) is 0.167. The molecule has 0 aliphatic rings. The molecule has 0 saturated heterocycles. The average Bonchev–Trinajstić information content (AvgIpc) is 2.66. The van der Waals surface area contributed by atoms with Gasteiger partial charge in [0, 0.05) is 5.69 Å². The molecule has 2 rings (SSSR count). The maximum absolute atomic E-state index is 12.6. The predicted octanol–water partition coefficient (Wildman–Crippen LogP) is 3.05. The highest BCUT2D eigenvalue weighted by Crippen LogP contribution is 2.30. The molecule has 0 saturated carbocycles. The van der Waals surface area contributed by atoms with Crippen molar-refractivity contribution in [1.29, 1.82) is 0 Å². The number of hydrogen-bond acceptors (Lipinski definition) is 5. The number of anilines is 1. The fourth-order valence-corrected chi connectivity index (χ4v) is 2.03. The van der Waals surface area contributed by atoms with Crippen molar-refractivity contribution < 1.29 is 27.5 Å². The summed E-state index contributed by atoms with van der Waals surface area (Å²) >= 11 is 0. The van der Waals surface area contributed by atoms with Crippen LogP contribution in [0.5, 0.6) is 0 Å². The van der Waals surface area contributed by atoms with Crippen LogP contribution in [0.25, 0.3) is 0 Å². The van der Waals surface area contributed by atoms with Crippen molar-refractivity contribution in [1.82, 2.24) is 5.43 Å². The summed E-state index contributed by atoms with van der Waals surface area (Å²) in [6.07, 6.45) is -3.09. The Bertz CT molecular complexity index is 834. The summed E-state index contributed by atoms with van der Waals surface area (Å²) in [7, 11) is 1.28. The predicted molar refractivity (Wildman–Crippen MR) is 93.5 cm³/mol. The van der Waals surface area contributed by atoms with Gasteiger partial charge in [-0.15, -0.1) is 0 Å². The Morgan fingerprint density at radius 3 is 2.48 bits per heavy atom. The number of esters is 1. The van der Waals surface area contributed by atoms with Crippen molar-refractivity contribution in [3.8, 4) is 0 Å². The van der Waals surface area contributed by atoms with E-state index in [1.807, 2.05) is 0 Å². The zero-order valence-electron chi connectivity index (χ0n) is 14.2. The molecule has 0 aliphatic carbocycles. The van der Waals surface area contributed by atoms with Gasteiger partial charge < -0.3 is 10.1 Å². The van der Waals surface area contributed by atoms with Gasteiger partial charge in [0.25, 0.3) is 5.91 Å². The first-order valence-electron chi connectivity index (χ1n) is 7.71. The van der Waals surface area contributed by atoms with Crippen LogP contribution >= 0.6 is 0 Å². The molecule has 0 aliphatic heterocycles. The van der Waals surface area contributed by atoms with E-state index >= 15 is 0 Å². The van der Waals surface area contributed by atoms with Crippen molar-refractivity contribution in [3.05, 3.63) is 65.2 Å². The number of nitrogens with zero attached hydrogens (tertiary/aromatic N) is 1. The summed E-state index contributed by atoms with van der Waals surface area (Å²) < 4.78 is 42.5. The van der Waals surface area contributed by atoms with E-state index in [9.17, 15) is 22.8 Å². The zero-order valence-corrected chi connectivity index (χ0v) is 14.2. The van der Waals surface area contributed by atoms with E-state index in [0.29, 0.717) is 11.1 Å². The number of methoxy groups -OCH3 is 1. The number of carbonyl (C=O) groups excluding carboxylic acids is 2. The van der Waals surface area contributed by atoms with Crippen molar-refractivity contribution in [2.45, 2.75) is 6.18 Å². The maximum atomic E-state index is 12.6. The molecule has 0 radical (unpaired) electrons. The van der Waals surface area contributed by atoms with Gasteiger partial charge in [-0.2, -0.15) is 18.3 Å². The van der Waals surface area contributed by atoms with Gasteiger partial charge in [-0.25, -0.2) is 10.2 Å². The second kappa shape index (κ2) is 8.84. The molecular weight excluding hydrogens is 363 g/mol. The van der Waals surface area contributed by atoms with Crippen molar-refractivity contribution in [2.75, 3.05) is 19.0 Å². The molecule has 142 valence electrons. The molecule has 1 amide bonds. The van der Waals surface area contributed by atoms with Crippen LogP contribution in [0.4, 0.5) is 18.9 Å². The molecule has 0 fully saturated rings. The molecule has 0 atom stereocenters. The molecule has 6 nitrogen and oxygen atoms in total. The Labute approximate surface area is 153 Å². The zero-order chi connectivity index (χ0) is 19.9. The molecule has 2 aromatic carbocycles. The Balaban J connectivity index is 1.84. The van der Waals surface area contributed by atoms with Gasteiger partial charge in [0.05, 0.1) is 31.0 Å². The second-order valence-electron chi connectivity index (χ2n) is 5.34. The number of alkyl halides is 3. The highest BCUT2D eigenvalue weighted by molar-refractivity contribution is 5.91. The van der Waals surface area contributed by atoms with Crippen LogP contribution in [0.3, 0.4) is 0 Å². The molecule has 0 bridgehead atoms. The lowest BCUT2D eigenvalue weighted by molar-refractivity contribution is -0.137. The summed E-state index contributed by atoms with van der Waals surface area (Å²) in [5, 5.41) is 6.34. The van der Waals surface area contributed by atoms with Crippen molar-refractivity contribution in [2.24, 2.45) is 5.10 Å². The number of nitrogens with one attached hydrogen (secondary N) is 2. The number of carbonyl (C=O) groups is 2. The number of benzene rings is 2. The van der Waals surface area contributed by atoms with Gasteiger partial charge in [-0.05, 0) is 35.9 Å². The van der Waals surface area contributed by atoms with E-state index in [1.165, 1.54) is 25.5 Å². The van der Waals surface area contributed by atoms with Gasteiger partial charge in [-0.1, -0.05) is 18.2 Å². The Hall–Kier alpha value is -3.36. The summed E-state index contributed by atoms with van der Waals surface area (Å²) in [5.41, 5.74) is 2.63. The van der Waals surface area contributed by atoms with Crippen LogP contribution in [-0.2, 0) is 15.7 Å². The Morgan fingerprint density at radius 1 is 1.15 bits per heavy atom. The Kier molecular flexibility index (Phi) is 6.53. The van der Waals surface area contributed by atoms with Crippen molar-refractivity contribution in [3.63, 3.8) is 0 Å². The molecule has 9 heteroatoms. The molecule has 0 unspecified atom stereocenters. The quantitative estimate of drug-likeness (QED) is 0.459. The second-order valence-corrected chi connectivity index (χ2v) is 5.34. The standard InChI is InChI=1S/C18H16F3N3O3/c1-27-17(26)13-7-5-12(6-8-13)10-23-24-16(25)11-22-15-4-2-3-14(9-15)18(19,20)21/h2-10,22H,11H2,1H3,(H,24,25)/b23-10+. The third kappa shape index (κ3) is 6.14. The summed E-state index contributed by atoms with van der Waals surface area (Å²) in [6.45, 7) is -0.250. The number of rotatable bonds is 6. The lowest BCUT2D eigenvalue weighted by Gasteiger charge is -2.10. The maximum Gasteiger partial charge on any atom is 0.416 e. The molecule has 2 N–H and O–H groups in total. The topological polar surface area (TPSA) is 79.8 Å². The smallest absolute Gasteiger partial charge is 0.416 e. The van der Waals surface area contributed by atoms with E-state index in [0.717, 1.165) is 12.1 Å². The van der Waals surface area contributed by atoms with E-state index < -0.39 is 23.6 Å². The van der Waals surface area contributed by atoms with E-state index in [1.54, 1.807) is 24.3 Å². The van der Waals surface area contributed by atoms with Gasteiger partial charge in [0.2, 0.25) is 0 Å². The fourth-order valence-electron chi connectivity index (χ4n) is 2.03. The first-order valence-corrected chi connectivity index (χ1v) is 7.71. The Morgan fingerprint density at radius 2 is 1.85 bits per heavy atom. The van der Waals surface area contributed by atoms with Crippen LogP contribution < -0.4 is 10.7 Å². The normalized spacial score (nSPS) is 11.3. The van der Waals surface area contributed by atoms with Gasteiger partial charge in [-0.3, -0.25) is 4.79 Å². The molecule has 0 aromatic heterocycles. The lowest BCUT2D eigenvalue weighted by Crippen LogP contribution is -2.26. The summed E-state index contributed by atoms with van der Waals surface area (Å²) in [4.78, 5) is 23.0. The highest BCUT2D eigenvalue weighted by atomic mass is 19.4. The first-order chi connectivity index (χ1) is 12.8. The van der Waals surface area contributed by atoms with Crippen LogP contribution in [0, 0.1) is 0 Å². The highest BCUT2D eigenvalue weighted by Gasteiger charge is 2.30. The average molecular weight is 379 g/mol. The molecule has 0 heterocycles. The van der Waals surface area contributed by atoms with Gasteiger partial charge in [0.1, 0.15) is 0 Å².